The highest BCUT2D eigenvalue weighted by molar-refractivity contribution is 4.65. The van der Waals surface area contributed by atoms with Gasteiger partial charge in [-0.05, 0) is 32.2 Å². The van der Waals surface area contributed by atoms with Crippen LogP contribution in [-0.4, -0.2) is 40.0 Å². The smallest absolute Gasteiger partial charge is 0.0462 e. The SMILES string of the molecule is CCNC(CCCOC)CCCOC. The second kappa shape index (κ2) is 11.0. The number of hydrogen-bond donors (Lipinski definition) is 1. The van der Waals surface area contributed by atoms with Crippen LogP contribution in [0.3, 0.4) is 0 Å². The lowest BCUT2D eigenvalue weighted by molar-refractivity contribution is 0.178. The van der Waals surface area contributed by atoms with Crippen LogP contribution in [0.5, 0.6) is 0 Å². The first-order valence-electron chi connectivity index (χ1n) is 5.56. The second-order valence-electron chi connectivity index (χ2n) is 3.52. The lowest BCUT2D eigenvalue weighted by atomic mass is 10.1. The third kappa shape index (κ3) is 8.48. The van der Waals surface area contributed by atoms with Crippen molar-refractivity contribution in [3.05, 3.63) is 0 Å². The van der Waals surface area contributed by atoms with Crippen LogP contribution < -0.4 is 5.32 Å². The number of rotatable bonds is 10. The molecule has 1 N–H and O–H groups in total. The highest BCUT2D eigenvalue weighted by Gasteiger charge is 2.05. The van der Waals surface area contributed by atoms with Crippen molar-refractivity contribution in [3.63, 3.8) is 0 Å². The Morgan fingerprint density at radius 1 is 1.00 bits per heavy atom. The van der Waals surface area contributed by atoms with Gasteiger partial charge >= 0.3 is 0 Å². The lowest BCUT2D eigenvalue weighted by Crippen LogP contribution is -2.29. The summed E-state index contributed by atoms with van der Waals surface area (Å²) in [5.41, 5.74) is 0. The normalized spacial score (nSPS) is 11.1. The quantitative estimate of drug-likeness (QED) is 0.549. The maximum atomic E-state index is 5.04. The number of methoxy groups -OCH3 is 2. The predicted octanol–water partition coefficient (Wildman–Crippen LogP) is 1.82. The van der Waals surface area contributed by atoms with Gasteiger partial charge in [-0.25, -0.2) is 0 Å². The van der Waals surface area contributed by atoms with Crippen LogP contribution in [0.4, 0.5) is 0 Å². The van der Waals surface area contributed by atoms with E-state index in [2.05, 4.69) is 12.2 Å². The zero-order chi connectivity index (χ0) is 10.6. The standard InChI is InChI=1S/C11H25NO2/c1-4-12-11(7-5-9-13-2)8-6-10-14-3/h11-12H,4-10H2,1-3H3. The highest BCUT2D eigenvalue weighted by Crippen LogP contribution is 2.05. The maximum absolute atomic E-state index is 5.04. The molecule has 0 aliphatic heterocycles. The van der Waals surface area contributed by atoms with Crippen LogP contribution in [0.25, 0.3) is 0 Å². The van der Waals surface area contributed by atoms with Gasteiger partial charge in [-0.2, -0.15) is 0 Å². The minimum atomic E-state index is 0.630. The Labute approximate surface area is 88.2 Å². The van der Waals surface area contributed by atoms with Crippen LogP contribution in [-0.2, 0) is 9.47 Å². The molecular weight excluding hydrogens is 178 g/mol. The van der Waals surface area contributed by atoms with E-state index >= 15 is 0 Å². The summed E-state index contributed by atoms with van der Waals surface area (Å²) in [5, 5.41) is 3.49. The zero-order valence-electron chi connectivity index (χ0n) is 9.84. The minimum Gasteiger partial charge on any atom is -0.385 e. The van der Waals surface area contributed by atoms with E-state index in [0.29, 0.717) is 6.04 Å². The molecular formula is C11H25NO2. The molecule has 0 amide bonds. The van der Waals surface area contributed by atoms with Gasteiger partial charge in [-0.15, -0.1) is 0 Å². The van der Waals surface area contributed by atoms with Crippen LogP contribution in [0.15, 0.2) is 0 Å². The second-order valence-corrected chi connectivity index (χ2v) is 3.52. The van der Waals surface area contributed by atoms with E-state index in [-0.39, 0.29) is 0 Å². The third-order valence-electron chi connectivity index (χ3n) is 2.29. The van der Waals surface area contributed by atoms with Gasteiger partial charge in [-0.1, -0.05) is 6.92 Å². The Morgan fingerprint density at radius 3 is 1.86 bits per heavy atom. The minimum absolute atomic E-state index is 0.630. The topological polar surface area (TPSA) is 30.5 Å². The Hall–Kier alpha value is -0.120. The first kappa shape index (κ1) is 13.9. The molecule has 3 heteroatoms. The number of nitrogens with one attached hydrogen (secondary N) is 1. The average Bonchev–Trinajstić information content (AvgIpc) is 2.18. The first-order valence-corrected chi connectivity index (χ1v) is 5.56. The summed E-state index contributed by atoms with van der Waals surface area (Å²) in [7, 11) is 3.51. The van der Waals surface area contributed by atoms with Crippen molar-refractivity contribution < 1.29 is 9.47 Å². The van der Waals surface area contributed by atoms with Gasteiger partial charge in [0.15, 0.2) is 0 Å². The van der Waals surface area contributed by atoms with E-state index in [1.807, 2.05) is 0 Å². The molecule has 0 saturated carbocycles. The molecule has 3 nitrogen and oxygen atoms in total. The fourth-order valence-electron chi connectivity index (χ4n) is 1.59. The van der Waals surface area contributed by atoms with Crippen LogP contribution >= 0.6 is 0 Å². The van der Waals surface area contributed by atoms with Gasteiger partial charge in [-0.3, -0.25) is 0 Å². The lowest BCUT2D eigenvalue weighted by Gasteiger charge is -2.17. The summed E-state index contributed by atoms with van der Waals surface area (Å²) in [4.78, 5) is 0. The van der Waals surface area contributed by atoms with Gasteiger partial charge in [0.05, 0.1) is 0 Å². The Morgan fingerprint density at radius 2 is 1.50 bits per heavy atom. The van der Waals surface area contributed by atoms with Crippen molar-refractivity contribution in [2.45, 2.75) is 38.6 Å². The van der Waals surface area contributed by atoms with E-state index in [0.717, 1.165) is 32.6 Å². The molecule has 0 atom stereocenters. The van der Waals surface area contributed by atoms with E-state index < -0.39 is 0 Å². The first-order chi connectivity index (χ1) is 6.85. The van der Waals surface area contributed by atoms with Crippen LogP contribution in [0, 0.1) is 0 Å². The molecule has 0 bridgehead atoms. The Kier molecular flexibility index (Phi) is 10.9. The molecule has 0 rings (SSSR count). The highest BCUT2D eigenvalue weighted by atomic mass is 16.5. The van der Waals surface area contributed by atoms with E-state index in [4.69, 9.17) is 9.47 Å². The Bertz CT molecular complexity index is 99.5. The average molecular weight is 203 g/mol. The molecule has 86 valence electrons. The van der Waals surface area contributed by atoms with E-state index in [1.54, 1.807) is 14.2 Å². The van der Waals surface area contributed by atoms with Crippen molar-refractivity contribution >= 4 is 0 Å². The third-order valence-corrected chi connectivity index (χ3v) is 2.29. The van der Waals surface area contributed by atoms with E-state index in [9.17, 15) is 0 Å². The largest absolute Gasteiger partial charge is 0.385 e. The molecule has 0 spiro atoms. The van der Waals surface area contributed by atoms with E-state index in [1.165, 1.54) is 12.8 Å². The van der Waals surface area contributed by atoms with Gasteiger partial charge in [0, 0.05) is 33.5 Å². The van der Waals surface area contributed by atoms with Crippen molar-refractivity contribution in [1.82, 2.24) is 5.32 Å². The maximum Gasteiger partial charge on any atom is 0.0462 e. The molecule has 14 heavy (non-hydrogen) atoms. The summed E-state index contributed by atoms with van der Waals surface area (Å²) < 4.78 is 10.1. The van der Waals surface area contributed by atoms with Gasteiger partial charge in [0.1, 0.15) is 0 Å². The Balaban J connectivity index is 3.44. The summed E-state index contributed by atoms with van der Waals surface area (Å²) in [6, 6.07) is 0.630. The summed E-state index contributed by atoms with van der Waals surface area (Å²) in [6.45, 7) is 4.93. The molecule has 0 aromatic heterocycles. The zero-order valence-corrected chi connectivity index (χ0v) is 9.84. The molecule has 0 aliphatic carbocycles. The van der Waals surface area contributed by atoms with Crippen LogP contribution in [0.2, 0.25) is 0 Å². The molecule has 0 unspecified atom stereocenters. The van der Waals surface area contributed by atoms with Gasteiger partial charge < -0.3 is 14.8 Å². The molecule has 0 saturated heterocycles. The fourth-order valence-corrected chi connectivity index (χ4v) is 1.59. The van der Waals surface area contributed by atoms with Crippen molar-refractivity contribution in [3.8, 4) is 0 Å². The molecule has 0 heterocycles. The summed E-state index contributed by atoms with van der Waals surface area (Å²) in [6.07, 6.45) is 4.68. The van der Waals surface area contributed by atoms with Gasteiger partial charge in [0.2, 0.25) is 0 Å². The predicted molar refractivity (Wildman–Crippen MR) is 59.7 cm³/mol. The van der Waals surface area contributed by atoms with Gasteiger partial charge in [0.25, 0.3) is 0 Å². The van der Waals surface area contributed by atoms with Crippen molar-refractivity contribution in [2.75, 3.05) is 34.0 Å². The monoisotopic (exact) mass is 203 g/mol. The summed E-state index contributed by atoms with van der Waals surface area (Å²) >= 11 is 0. The van der Waals surface area contributed by atoms with Crippen LogP contribution in [0.1, 0.15) is 32.6 Å². The van der Waals surface area contributed by atoms with Crippen molar-refractivity contribution in [1.29, 1.82) is 0 Å². The fraction of sp³-hybridized carbons (Fsp3) is 1.00. The molecule has 0 radical (unpaired) electrons. The van der Waals surface area contributed by atoms with Crippen molar-refractivity contribution in [2.24, 2.45) is 0 Å². The number of hydrogen-bond acceptors (Lipinski definition) is 3. The molecule has 0 aliphatic rings. The molecule has 0 fully saturated rings. The molecule has 0 aromatic rings. The number of ether oxygens (including phenoxy) is 2. The molecule has 0 aromatic carbocycles. The summed E-state index contributed by atoms with van der Waals surface area (Å²) in [5.74, 6) is 0.